The van der Waals surface area contributed by atoms with Gasteiger partial charge in [0.2, 0.25) is 5.28 Å². The van der Waals surface area contributed by atoms with Crippen molar-refractivity contribution < 1.29 is 9.84 Å². The fraction of sp³-hybridized carbons (Fsp3) is 0.462. The molecule has 112 valence electrons. The van der Waals surface area contributed by atoms with Crippen molar-refractivity contribution in [3.63, 3.8) is 0 Å². The fourth-order valence-electron chi connectivity index (χ4n) is 2.38. The van der Waals surface area contributed by atoms with E-state index < -0.39 is 6.10 Å². The van der Waals surface area contributed by atoms with E-state index in [1.165, 1.54) is 0 Å². The van der Waals surface area contributed by atoms with Crippen LogP contribution in [-0.2, 0) is 4.74 Å². The molecule has 21 heavy (non-hydrogen) atoms. The maximum atomic E-state index is 9.88. The number of rotatable bonds is 1. The average Bonchev–Trinajstić information content (AvgIpc) is 2.67. The summed E-state index contributed by atoms with van der Waals surface area (Å²) in [6, 6.07) is 0. The molecule has 1 aliphatic rings. The van der Waals surface area contributed by atoms with Gasteiger partial charge in [-0.15, -0.1) is 0 Å². The van der Waals surface area contributed by atoms with E-state index in [9.17, 15) is 5.11 Å². The van der Waals surface area contributed by atoms with Crippen LogP contribution >= 0.6 is 23.2 Å². The summed E-state index contributed by atoms with van der Waals surface area (Å²) in [7, 11) is 0. The van der Waals surface area contributed by atoms with E-state index in [1.807, 2.05) is 11.8 Å². The van der Waals surface area contributed by atoms with Crippen molar-refractivity contribution in [1.29, 1.82) is 0 Å². The van der Waals surface area contributed by atoms with Crippen molar-refractivity contribution in [1.82, 2.24) is 15.0 Å². The first-order valence-electron chi connectivity index (χ1n) is 6.55. The third kappa shape index (κ3) is 2.89. The summed E-state index contributed by atoms with van der Waals surface area (Å²) in [6.45, 7) is 3.70. The molecular weight excluding hydrogens is 315 g/mol. The summed E-state index contributed by atoms with van der Waals surface area (Å²) in [5.41, 5.74) is 1.43. The Morgan fingerprint density at radius 2 is 2.19 bits per heavy atom. The Hall–Kier alpha value is -1.21. The lowest BCUT2D eigenvalue weighted by molar-refractivity contribution is 0.0597. The smallest absolute Gasteiger partial charge is 0.224 e. The zero-order valence-corrected chi connectivity index (χ0v) is 12.9. The van der Waals surface area contributed by atoms with Crippen LogP contribution in [0.25, 0.3) is 10.9 Å². The number of hydrogen-bond acceptors (Lipinski definition) is 6. The molecule has 0 spiro atoms. The Balaban J connectivity index is 2.15. The van der Waals surface area contributed by atoms with Crippen LogP contribution in [0.15, 0.2) is 6.20 Å². The van der Waals surface area contributed by atoms with Gasteiger partial charge in [0.1, 0.15) is 11.0 Å². The highest BCUT2D eigenvalue weighted by Crippen LogP contribution is 2.29. The SMILES string of the molecule is Cc1c(Cl)ncc2c(N3CCOCC(O)C3)nc(Cl)nc12. The highest BCUT2D eigenvalue weighted by Gasteiger charge is 2.21. The predicted molar refractivity (Wildman–Crippen MR) is 81.1 cm³/mol. The van der Waals surface area contributed by atoms with Crippen LogP contribution in [0, 0.1) is 6.92 Å². The van der Waals surface area contributed by atoms with Crippen LogP contribution in [-0.4, -0.2) is 52.5 Å². The van der Waals surface area contributed by atoms with Gasteiger partial charge in [-0.25, -0.2) is 9.97 Å². The molecule has 2 aromatic heterocycles. The van der Waals surface area contributed by atoms with Crippen LogP contribution in [0.2, 0.25) is 10.4 Å². The second-order valence-electron chi connectivity index (χ2n) is 4.93. The summed E-state index contributed by atoms with van der Waals surface area (Å²) in [4.78, 5) is 14.6. The van der Waals surface area contributed by atoms with Crippen molar-refractivity contribution in [2.45, 2.75) is 13.0 Å². The molecule has 1 aliphatic heterocycles. The van der Waals surface area contributed by atoms with Gasteiger partial charge in [-0.3, -0.25) is 0 Å². The highest BCUT2D eigenvalue weighted by atomic mass is 35.5. The Morgan fingerprint density at radius 3 is 3.00 bits per heavy atom. The summed E-state index contributed by atoms with van der Waals surface area (Å²) in [5, 5.41) is 11.2. The van der Waals surface area contributed by atoms with Gasteiger partial charge >= 0.3 is 0 Å². The second-order valence-corrected chi connectivity index (χ2v) is 5.62. The first-order chi connectivity index (χ1) is 10.1. The fourth-order valence-corrected chi connectivity index (χ4v) is 2.68. The molecule has 0 aromatic carbocycles. The normalized spacial score (nSPS) is 19.8. The monoisotopic (exact) mass is 328 g/mol. The largest absolute Gasteiger partial charge is 0.389 e. The minimum atomic E-state index is -0.572. The van der Waals surface area contributed by atoms with Gasteiger partial charge < -0.3 is 14.7 Å². The van der Waals surface area contributed by atoms with Gasteiger partial charge in [0.15, 0.2) is 0 Å². The van der Waals surface area contributed by atoms with E-state index in [2.05, 4.69) is 15.0 Å². The van der Waals surface area contributed by atoms with Gasteiger partial charge in [0, 0.05) is 24.8 Å². The lowest BCUT2D eigenvalue weighted by atomic mass is 10.2. The molecule has 0 saturated carbocycles. The van der Waals surface area contributed by atoms with Gasteiger partial charge in [0.05, 0.1) is 30.2 Å². The lowest BCUT2D eigenvalue weighted by Gasteiger charge is -2.23. The number of nitrogens with zero attached hydrogens (tertiary/aromatic N) is 4. The first-order valence-corrected chi connectivity index (χ1v) is 7.31. The molecule has 0 amide bonds. The minimum Gasteiger partial charge on any atom is -0.389 e. The van der Waals surface area contributed by atoms with Crippen molar-refractivity contribution in [3.8, 4) is 0 Å². The van der Waals surface area contributed by atoms with Gasteiger partial charge in [-0.2, -0.15) is 4.98 Å². The number of hydrogen-bond donors (Lipinski definition) is 1. The molecule has 1 saturated heterocycles. The number of pyridine rings is 1. The molecule has 1 N–H and O–H groups in total. The number of aryl methyl sites for hydroxylation is 1. The number of aliphatic hydroxyl groups excluding tert-OH is 1. The maximum Gasteiger partial charge on any atom is 0.224 e. The van der Waals surface area contributed by atoms with Crippen molar-refractivity contribution in [2.75, 3.05) is 31.2 Å². The van der Waals surface area contributed by atoms with Crippen LogP contribution in [0.4, 0.5) is 5.82 Å². The molecule has 3 rings (SSSR count). The van der Waals surface area contributed by atoms with Crippen LogP contribution < -0.4 is 4.90 Å². The standard InChI is InChI=1S/C13H14Cl2N4O2/c1-7-10-9(4-16-11(7)14)12(18-13(15)17-10)19-2-3-21-6-8(20)5-19/h4,8,20H,2-3,5-6H2,1H3. The molecule has 1 atom stereocenters. The zero-order valence-electron chi connectivity index (χ0n) is 11.4. The maximum absolute atomic E-state index is 9.88. The van der Waals surface area contributed by atoms with E-state index in [-0.39, 0.29) is 5.28 Å². The van der Waals surface area contributed by atoms with E-state index in [0.717, 1.165) is 10.9 Å². The van der Waals surface area contributed by atoms with E-state index in [4.69, 9.17) is 27.9 Å². The van der Waals surface area contributed by atoms with Crippen molar-refractivity contribution >= 4 is 39.9 Å². The zero-order chi connectivity index (χ0) is 15.0. The molecule has 0 aliphatic carbocycles. The van der Waals surface area contributed by atoms with Gasteiger partial charge in [-0.05, 0) is 18.5 Å². The Bertz CT molecular complexity index is 683. The molecular formula is C13H14Cl2N4O2. The number of halogens is 2. The summed E-state index contributed by atoms with van der Waals surface area (Å²) < 4.78 is 5.34. The molecule has 0 radical (unpaired) electrons. The number of fused-ring (bicyclic) bond motifs is 1. The number of anilines is 1. The Labute approximate surface area is 131 Å². The van der Waals surface area contributed by atoms with Crippen LogP contribution in [0.3, 0.4) is 0 Å². The average molecular weight is 329 g/mol. The number of β-amino-alcohol motifs (C(OH)–C–C–N with tert-alkyl or cyclic N) is 1. The number of aliphatic hydroxyl groups is 1. The van der Waals surface area contributed by atoms with Gasteiger partial charge in [-0.1, -0.05) is 11.6 Å². The minimum absolute atomic E-state index is 0.141. The van der Waals surface area contributed by atoms with E-state index in [0.29, 0.717) is 42.8 Å². The molecule has 8 heteroatoms. The molecule has 0 bridgehead atoms. The van der Waals surface area contributed by atoms with Gasteiger partial charge in [0.25, 0.3) is 0 Å². The molecule has 1 fully saturated rings. The highest BCUT2D eigenvalue weighted by molar-refractivity contribution is 6.31. The Morgan fingerprint density at radius 1 is 1.38 bits per heavy atom. The first kappa shape index (κ1) is 14.7. The van der Waals surface area contributed by atoms with Crippen LogP contribution in [0.5, 0.6) is 0 Å². The third-order valence-electron chi connectivity index (χ3n) is 3.42. The molecule has 2 aromatic rings. The topological polar surface area (TPSA) is 71.4 Å². The molecule has 6 nitrogen and oxygen atoms in total. The number of aromatic nitrogens is 3. The third-order valence-corrected chi connectivity index (χ3v) is 3.97. The van der Waals surface area contributed by atoms with Crippen molar-refractivity contribution in [2.24, 2.45) is 0 Å². The summed E-state index contributed by atoms with van der Waals surface area (Å²) >= 11 is 12.1. The quantitative estimate of drug-likeness (QED) is 0.636. The number of ether oxygens (including phenoxy) is 1. The summed E-state index contributed by atoms with van der Waals surface area (Å²) in [6.07, 6.45) is 1.06. The van der Waals surface area contributed by atoms with E-state index in [1.54, 1.807) is 6.20 Å². The van der Waals surface area contributed by atoms with Crippen LogP contribution in [0.1, 0.15) is 5.56 Å². The van der Waals surface area contributed by atoms with E-state index >= 15 is 0 Å². The second kappa shape index (κ2) is 5.88. The predicted octanol–water partition coefficient (Wildman–Crippen LogP) is 1.84. The molecule has 3 heterocycles. The van der Waals surface area contributed by atoms with Crippen molar-refractivity contribution in [3.05, 3.63) is 22.2 Å². The lowest BCUT2D eigenvalue weighted by Crippen LogP contribution is -2.33. The Kier molecular flexibility index (Phi) is 4.12. The summed E-state index contributed by atoms with van der Waals surface area (Å²) in [5.74, 6) is 0.641. The molecule has 1 unspecified atom stereocenters.